The summed E-state index contributed by atoms with van der Waals surface area (Å²) in [6.45, 7) is 4.25. The molecule has 0 N–H and O–H groups in total. The number of hydrogen-bond donors (Lipinski definition) is 0. The number of hydrogen-bond acceptors (Lipinski definition) is 6. The molecule has 2 aliphatic rings. The van der Waals surface area contributed by atoms with E-state index in [-0.39, 0.29) is 5.91 Å². The van der Waals surface area contributed by atoms with Gasteiger partial charge in [0.1, 0.15) is 10.1 Å². The van der Waals surface area contributed by atoms with Gasteiger partial charge in [-0.3, -0.25) is 14.6 Å². The lowest BCUT2D eigenvalue weighted by Crippen LogP contribution is -2.50. The van der Waals surface area contributed by atoms with E-state index in [1.165, 1.54) is 17.4 Å². The Morgan fingerprint density at radius 2 is 1.72 bits per heavy atom. The van der Waals surface area contributed by atoms with Gasteiger partial charge in [0.25, 0.3) is 5.91 Å². The van der Waals surface area contributed by atoms with Gasteiger partial charge in [-0.25, -0.2) is 0 Å². The van der Waals surface area contributed by atoms with E-state index < -0.39 is 0 Å². The minimum Gasteiger partial charge on any atom is -0.497 e. The van der Waals surface area contributed by atoms with Crippen molar-refractivity contribution in [2.24, 2.45) is 0 Å². The molecule has 0 spiro atoms. The number of carbonyl (C=O) groups excluding carboxylic acids is 1. The van der Waals surface area contributed by atoms with Crippen molar-refractivity contribution in [3.63, 3.8) is 0 Å². The lowest BCUT2D eigenvalue weighted by atomic mass is 10.2. The van der Waals surface area contributed by atoms with Crippen molar-refractivity contribution >= 4 is 46.0 Å². The minimum atomic E-state index is -0.0127. The molecule has 2 fully saturated rings. The van der Waals surface area contributed by atoms with Gasteiger partial charge in [0, 0.05) is 31.9 Å². The first-order chi connectivity index (χ1) is 14.1. The fourth-order valence-corrected chi connectivity index (χ4v) is 4.70. The van der Waals surface area contributed by atoms with Crippen LogP contribution in [0, 0.1) is 0 Å². The molecule has 7 heteroatoms. The molecule has 0 aliphatic carbocycles. The Balaban J connectivity index is 1.36. The first-order valence-electron chi connectivity index (χ1n) is 9.56. The number of para-hydroxylation sites is 1. The average Bonchev–Trinajstić information content (AvgIpc) is 3.03. The van der Waals surface area contributed by atoms with E-state index in [1.54, 1.807) is 12.0 Å². The Labute approximate surface area is 180 Å². The summed E-state index contributed by atoms with van der Waals surface area (Å²) in [5, 5.41) is 0. The Bertz CT molecular complexity index is 907. The molecule has 0 bridgehead atoms. The van der Waals surface area contributed by atoms with Crippen LogP contribution in [-0.2, 0) is 4.79 Å². The van der Waals surface area contributed by atoms with Gasteiger partial charge in [0.15, 0.2) is 0 Å². The summed E-state index contributed by atoms with van der Waals surface area (Å²) in [5.74, 6) is 0.783. The molecule has 0 atom stereocenters. The smallest absolute Gasteiger partial charge is 0.267 e. The van der Waals surface area contributed by atoms with Crippen LogP contribution in [0.2, 0.25) is 0 Å². The number of ether oxygens (including phenoxy) is 1. The first kappa shape index (κ1) is 19.9. The zero-order valence-corrected chi connectivity index (χ0v) is 17.9. The highest BCUT2D eigenvalue weighted by Gasteiger charge is 2.33. The molecule has 0 saturated carbocycles. The zero-order valence-electron chi connectivity index (χ0n) is 16.3. The summed E-state index contributed by atoms with van der Waals surface area (Å²) in [4.78, 5) is 19.9. The number of piperazine rings is 1. The molecule has 0 aromatic heterocycles. The average molecular weight is 426 g/mol. The standard InChI is InChI=1S/C22H23N3O2S2/c1-27-19-9-7-17(8-10-19)15-20-21(26)25(22(28)29-20)16-23-11-13-24(14-12-23)18-5-3-2-4-6-18/h2-10,15H,11-14,16H2,1H3/b20-15+. The minimum absolute atomic E-state index is 0.0127. The number of rotatable bonds is 5. The van der Waals surface area contributed by atoms with Gasteiger partial charge in [-0.05, 0) is 35.9 Å². The van der Waals surface area contributed by atoms with Gasteiger partial charge in [-0.15, -0.1) is 0 Å². The van der Waals surface area contributed by atoms with E-state index in [9.17, 15) is 4.79 Å². The molecule has 2 aromatic rings. The monoisotopic (exact) mass is 425 g/mol. The van der Waals surface area contributed by atoms with E-state index in [4.69, 9.17) is 17.0 Å². The second-order valence-corrected chi connectivity index (χ2v) is 8.64. The van der Waals surface area contributed by atoms with E-state index in [0.717, 1.165) is 37.5 Å². The van der Waals surface area contributed by atoms with Crippen LogP contribution < -0.4 is 9.64 Å². The zero-order chi connectivity index (χ0) is 20.2. The number of carbonyl (C=O) groups is 1. The molecular weight excluding hydrogens is 402 g/mol. The molecule has 0 unspecified atom stereocenters. The summed E-state index contributed by atoms with van der Waals surface area (Å²) in [6, 6.07) is 18.1. The molecule has 2 saturated heterocycles. The Morgan fingerprint density at radius 1 is 1.03 bits per heavy atom. The molecule has 4 rings (SSSR count). The van der Waals surface area contributed by atoms with Gasteiger partial charge < -0.3 is 9.64 Å². The van der Waals surface area contributed by atoms with E-state index in [2.05, 4.69) is 34.1 Å². The van der Waals surface area contributed by atoms with Crippen molar-refractivity contribution < 1.29 is 9.53 Å². The van der Waals surface area contributed by atoms with Crippen molar-refractivity contribution in [1.29, 1.82) is 0 Å². The third-order valence-corrected chi connectivity index (χ3v) is 6.50. The maximum absolute atomic E-state index is 12.9. The number of thiocarbonyl (C=S) groups is 1. The summed E-state index contributed by atoms with van der Waals surface area (Å²) in [6.07, 6.45) is 1.89. The van der Waals surface area contributed by atoms with Gasteiger partial charge in [0.05, 0.1) is 18.7 Å². The van der Waals surface area contributed by atoms with Crippen molar-refractivity contribution in [3.05, 3.63) is 65.1 Å². The highest BCUT2D eigenvalue weighted by atomic mass is 32.2. The molecule has 1 amide bonds. The fraction of sp³-hybridized carbons (Fsp3) is 0.273. The maximum atomic E-state index is 12.9. The normalized spacial score (nSPS) is 19.3. The van der Waals surface area contributed by atoms with Crippen LogP contribution in [0.15, 0.2) is 59.5 Å². The number of amides is 1. The van der Waals surface area contributed by atoms with Gasteiger partial charge >= 0.3 is 0 Å². The SMILES string of the molecule is COc1ccc(/C=C2/SC(=S)N(CN3CCN(c4ccccc4)CC3)C2=O)cc1. The van der Waals surface area contributed by atoms with Gasteiger partial charge in [-0.2, -0.15) is 0 Å². The Morgan fingerprint density at radius 3 is 2.38 bits per heavy atom. The van der Waals surface area contributed by atoms with Crippen molar-refractivity contribution in [1.82, 2.24) is 9.80 Å². The molecule has 2 aromatic carbocycles. The van der Waals surface area contributed by atoms with Crippen molar-refractivity contribution in [2.75, 3.05) is 44.9 Å². The predicted octanol–water partition coefficient (Wildman–Crippen LogP) is 3.68. The molecule has 2 heterocycles. The van der Waals surface area contributed by atoms with Crippen molar-refractivity contribution in [2.45, 2.75) is 0 Å². The molecule has 0 radical (unpaired) electrons. The van der Waals surface area contributed by atoms with Gasteiger partial charge in [0.2, 0.25) is 0 Å². The molecule has 2 aliphatic heterocycles. The first-order valence-corrected chi connectivity index (χ1v) is 10.8. The lowest BCUT2D eigenvalue weighted by molar-refractivity contribution is -0.123. The highest BCUT2D eigenvalue weighted by molar-refractivity contribution is 8.26. The Hall–Kier alpha value is -2.35. The van der Waals surface area contributed by atoms with Crippen LogP contribution in [0.25, 0.3) is 6.08 Å². The van der Waals surface area contributed by atoms with E-state index >= 15 is 0 Å². The second-order valence-electron chi connectivity index (χ2n) is 6.96. The van der Waals surface area contributed by atoms with Crippen LogP contribution in [0.1, 0.15) is 5.56 Å². The van der Waals surface area contributed by atoms with Crippen LogP contribution in [-0.4, -0.2) is 60.0 Å². The molecular formula is C22H23N3O2S2. The number of thioether (sulfide) groups is 1. The van der Waals surface area contributed by atoms with Gasteiger partial charge in [-0.1, -0.05) is 54.3 Å². The number of nitrogens with zero attached hydrogens (tertiary/aromatic N) is 3. The van der Waals surface area contributed by atoms with Crippen LogP contribution in [0.5, 0.6) is 5.75 Å². The third-order valence-electron chi connectivity index (χ3n) is 5.12. The topological polar surface area (TPSA) is 36.0 Å². The largest absolute Gasteiger partial charge is 0.497 e. The predicted molar refractivity (Wildman–Crippen MR) is 123 cm³/mol. The molecule has 5 nitrogen and oxygen atoms in total. The van der Waals surface area contributed by atoms with Crippen LogP contribution >= 0.6 is 24.0 Å². The number of benzene rings is 2. The number of anilines is 1. The summed E-state index contributed by atoms with van der Waals surface area (Å²) >= 11 is 6.86. The second kappa shape index (κ2) is 8.98. The molecule has 29 heavy (non-hydrogen) atoms. The Kier molecular flexibility index (Phi) is 6.18. The van der Waals surface area contributed by atoms with Crippen LogP contribution in [0.4, 0.5) is 5.69 Å². The maximum Gasteiger partial charge on any atom is 0.267 e. The summed E-state index contributed by atoms with van der Waals surface area (Å²) < 4.78 is 5.81. The fourth-order valence-electron chi connectivity index (χ4n) is 3.46. The third kappa shape index (κ3) is 4.63. The van der Waals surface area contributed by atoms with Crippen molar-refractivity contribution in [3.8, 4) is 5.75 Å². The number of methoxy groups -OCH3 is 1. The van der Waals surface area contributed by atoms with E-state index in [0.29, 0.717) is 15.9 Å². The highest BCUT2D eigenvalue weighted by Crippen LogP contribution is 2.33. The quantitative estimate of drug-likeness (QED) is 0.537. The van der Waals surface area contributed by atoms with Crippen LogP contribution in [0.3, 0.4) is 0 Å². The summed E-state index contributed by atoms with van der Waals surface area (Å²) in [5.41, 5.74) is 2.21. The van der Waals surface area contributed by atoms with E-state index in [1.807, 2.05) is 36.4 Å². The molecule has 150 valence electrons. The summed E-state index contributed by atoms with van der Waals surface area (Å²) in [7, 11) is 1.64. The lowest BCUT2D eigenvalue weighted by Gasteiger charge is -2.37.